The van der Waals surface area contributed by atoms with Gasteiger partial charge in [0.2, 0.25) is 0 Å². The SMILES string of the molecule is [CH-]=CCCCCCCCCCCCCCCCCCCCCCCCCCCC.[CH-]=CCCCCCCCCCCCCCCCCCCCCCCCCCCC.[Ni+2]. The Labute approximate surface area is 387 Å². The van der Waals surface area contributed by atoms with Gasteiger partial charge in [-0.2, -0.15) is 0 Å². The van der Waals surface area contributed by atoms with Gasteiger partial charge in [0.15, 0.2) is 0 Å². The van der Waals surface area contributed by atoms with Crippen LogP contribution in [0.25, 0.3) is 0 Å². The molecule has 0 N–H and O–H groups in total. The molecule has 0 aliphatic carbocycles. The fourth-order valence-corrected chi connectivity index (χ4v) is 8.80. The fourth-order valence-electron chi connectivity index (χ4n) is 8.80. The Morgan fingerprint density at radius 3 is 0.390 bits per heavy atom. The van der Waals surface area contributed by atoms with E-state index in [0.717, 1.165) is 12.8 Å². The van der Waals surface area contributed by atoms with E-state index in [1.54, 1.807) is 12.2 Å². The summed E-state index contributed by atoms with van der Waals surface area (Å²) in [6, 6.07) is 0. The molecule has 59 heavy (non-hydrogen) atoms. The smallest absolute Gasteiger partial charge is 0.518 e. The van der Waals surface area contributed by atoms with Gasteiger partial charge in [-0.3, -0.25) is 12.2 Å². The van der Waals surface area contributed by atoms with Crippen LogP contribution in [0.5, 0.6) is 0 Å². The van der Waals surface area contributed by atoms with Crippen molar-refractivity contribution in [3.05, 3.63) is 25.3 Å². The van der Waals surface area contributed by atoms with Gasteiger partial charge >= 0.3 is 16.5 Å². The molecule has 0 aliphatic rings. The summed E-state index contributed by atoms with van der Waals surface area (Å²) < 4.78 is 0. The van der Waals surface area contributed by atoms with Crippen LogP contribution in [0.3, 0.4) is 0 Å². The molecule has 0 fully saturated rings. The second-order valence-corrected chi connectivity index (χ2v) is 19.0. The number of hydrogen-bond acceptors (Lipinski definition) is 0. The minimum Gasteiger partial charge on any atom is -0.518 e. The summed E-state index contributed by atoms with van der Waals surface area (Å²) in [6.45, 7) is 15.4. The first-order valence-electron chi connectivity index (χ1n) is 27.9. The quantitative estimate of drug-likeness (QED) is 0.0325. The zero-order valence-electron chi connectivity index (χ0n) is 41.4. The van der Waals surface area contributed by atoms with Crippen molar-refractivity contribution in [3.63, 3.8) is 0 Å². The van der Waals surface area contributed by atoms with E-state index in [-0.39, 0.29) is 16.5 Å². The molecule has 0 rings (SSSR count). The van der Waals surface area contributed by atoms with Gasteiger partial charge in [0.1, 0.15) is 0 Å². The normalized spacial score (nSPS) is 11.0. The van der Waals surface area contributed by atoms with E-state index >= 15 is 0 Å². The Bertz CT molecular complexity index is 625. The average Bonchev–Trinajstić information content (AvgIpc) is 3.24. The Kier molecular flexibility index (Phi) is 69.3. The third-order valence-corrected chi connectivity index (χ3v) is 12.9. The van der Waals surface area contributed by atoms with Crippen molar-refractivity contribution in [2.45, 2.75) is 348 Å². The Morgan fingerprint density at radius 1 is 0.186 bits per heavy atom. The van der Waals surface area contributed by atoms with E-state index in [9.17, 15) is 0 Å². The molecule has 0 radical (unpaired) electrons. The predicted molar refractivity (Wildman–Crippen MR) is 269 cm³/mol. The molecule has 356 valence electrons. The van der Waals surface area contributed by atoms with E-state index in [2.05, 4.69) is 13.8 Å². The molecule has 0 unspecified atom stereocenters. The minimum atomic E-state index is 0. The van der Waals surface area contributed by atoms with Crippen molar-refractivity contribution in [1.82, 2.24) is 0 Å². The second kappa shape index (κ2) is 64.6. The Balaban J connectivity index is -0.00000105. The van der Waals surface area contributed by atoms with Crippen LogP contribution in [0.1, 0.15) is 348 Å². The maximum atomic E-state index is 5.40. The molecular weight excluding hydrogens is 755 g/mol. The van der Waals surface area contributed by atoms with Crippen molar-refractivity contribution < 1.29 is 16.5 Å². The molecule has 0 spiro atoms. The van der Waals surface area contributed by atoms with Gasteiger partial charge in [-0.25, -0.2) is 0 Å². The largest absolute Gasteiger partial charge is 2.00 e. The monoisotopic (exact) mass is 869 g/mol. The summed E-state index contributed by atoms with van der Waals surface area (Å²) in [4.78, 5) is 0. The molecule has 0 aromatic carbocycles. The van der Waals surface area contributed by atoms with Gasteiger partial charge in [-0.15, -0.1) is 0 Å². The van der Waals surface area contributed by atoms with Gasteiger partial charge in [-0.1, -0.05) is 348 Å². The Morgan fingerprint density at radius 2 is 0.288 bits per heavy atom. The molecule has 0 bridgehead atoms. The van der Waals surface area contributed by atoms with Crippen LogP contribution in [-0.2, 0) is 16.5 Å². The number of allylic oxidation sites excluding steroid dienone is 2. The molecule has 0 saturated carbocycles. The summed E-state index contributed by atoms with van der Waals surface area (Å²) in [5.41, 5.74) is 0. The summed E-state index contributed by atoms with van der Waals surface area (Å²) in [5, 5.41) is 0. The van der Waals surface area contributed by atoms with E-state index in [1.165, 1.54) is 321 Å². The first kappa shape index (κ1) is 63.3. The summed E-state index contributed by atoms with van der Waals surface area (Å²) in [7, 11) is 0. The number of rotatable bonds is 52. The summed E-state index contributed by atoms with van der Waals surface area (Å²) in [6.07, 6.45) is 78.6. The van der Waals surface area contributed by atoms with Gasteiger partial charge in [-0.05, 0) is 0 Å². The van der Waals surface area contributed by atoms with Crippen LogP contribution in [0, 0.1) is 13.2 Å². The maximum absolute atomic E-state index is 5.40. The van der Waals surface area contributed by atoms with Crippen molar-refractivity contribution in [1.29, 1.82) is 0 Å². The van der Waals surface area contributed by atoms with Crippen molar-refractivity contribution >= 4 is 0 Å². The molecule has 0 aromatic rings. The van der Waals surface area contributed by atoms with Crippen LogP contribution < -0.4 is 0 Å². The van der Waals surface area contributed by atoms with Crippen molar-refractivity contribution in [3.8, 4) is 0 Å². The summed E-state index contributed by atoms with van der Waals surface area (Å²) in [5.74, 6) is 0. The number of unbranched alkanes of at least 4 members (excludes halogenated alkanes) is 50. The van der Waals surface area contributed by atoms with E-state index in [0.29, 0.717) is 0 Å². The molecule has 0 amide bonds. The van der Waals surface area contributed by atoms with Gasteiger partial charge in [0.25, 0.3) is 0 Å². The first-order valence-corrected chi connectivity index (χ1v) is 27.9. The molecule has 0 nitrogen and oxygen atoms in total. The van der Waals surface area contributed by atoms with E-state index < -0.39 is 0 Å². The minimum absolute atomic E-state index is 0. The number of hydrogen-bond donors (Lipinski definition) is 0. The fraction of sp³-hybridized carbons (Fsp3) is 0.931. The molecule has 0 aromatic heterocycles. The van der Waals surface area contributed by atoms with Crippen LogP contribution in [0.2, 0.25) is 0 Å². The standard InChI is InChI=1S/2C29H57.Ni/c2*1-3-5-7-9-11-13-15-17-19-21-23-25-27-29-28-26-24-22-20-18-16-14-12-10-8-6-4-2;/h2*1,3H,4-29H2,2H3;/q2*-1;+2. The molecule has 0 aliphatic heterocycles. The van der Waals surface area contributed by atoms with E-state index in [1.807, 2.05) is 0 Å². The third kappa shape index (κ3) is 67.2. The Hall–Kier alpha value is -0.0265. The van der Waals surface area contributed by atoms with Crippen LogP contribution >= 0.6 is 0 Å². The molecular formula is C58H114Ni. The maximum Gasteiger partial charge on any atom is 2.00 e. The molecule has 0 atom stereocenters. The zero-order valence-corrected chi connectivity index (χ0v) is 42.4. The van der Waals surface area contributed by atoms with Crippen molar-refractivity contribution in [2.75, 3.05) is 0 Å². The van der Waals surface area contributed by atoms with Crippen LogP contribution in [0.15, 0.2) is 12.2 Å². The molecule has 0 saturated heterocycles. The van der Waals surface area contributed by atoms with Gasteiger partial charge in [0.05, 0.1) is 0 Å². The van der Waals surface area contributed by atoms with Crippen LogP contribution in [0.4, 0.5) is 0 Å². The van der Waals surface area contributed by atoms with Gasteiger partial charge in [0, 0.05) is 0 Å². The van der Waals surface area contributed by atoms with Crippen LogP contribution in [-0.4, -0.2) is 0 Å². The topological polar surface area (TPSA) is 0 Å². The first-order chi connectivity index (χ1) is 28.8. The van der Waals surface area contributed by atoms with Crippen molar-refractivity contribution in [2.24, 2.45) is 0 Å². The molecule has 0 heterocycles. The average molecular weight is 870 g/mol. The van der Waals surface area contributed by atoms with E-state index in [4.69, 9.17) is 13.2 Å². The molecule has 1 heteroatoms. The summed E-state index contributed by atoms with van der Waals surface area (Å²) >= 11 is 0. The zero-order chi connectivity index (χ0) is 42.2. The third-order valence-electron chi connectivity index (χ3n) is 12.9. The van der Waals surface area contributed by atoms with Gasteiger partial charge < -0.3 is 13.2 Å². The second-order valence-electron chi connectivity index (χ2n) is 19.0. The predicted octanol–water partition coefficient (Wildman–Crippen LogP) is 22.3.